The summed E-state index contributed by atoms with van der Waals surface area (Å²) in [5, 5.41) is 12.0. The predicted octanol–water partition coefficient (Wildman–Crippen LogP) is 2.87. The monoisotopic (exact) mass is 314 g/mol. The predicted molar refractivity (Wildman–Crippen MR) is 92.4 cm³/mol. The average Bonchev–Trinajstić information content (AvgIpc) is 3.00. The van der Waals surface area contributed by atoms with Gasteiger partial charge in [-0.2, -0.15) is 0 Å². The van der Waals surface area contributed by atoms with Gasteiger partial charge in [-0.15, -0.1) is 0 Å². The molecule has 1 aromatic heterocycles. The minimum absolute atomic E-state index is 0.0610. The van der Waals surface area contributed by atoms with Crippen molar-refractivity contribution >= 4 is 5.91 Å². The number of rotatable bonds is 8. The topological polar surface area (TPSA) is 54.3 Å². The van der Waals surface area contributed by atoms with Gasteiger partial charge in [0.2, 0.25) is 0 Å². The van der Waals surface area contributed by atoms with Gasteiger partial charge in [-0.05, 0) is 36.0 Å². The summed E-state index contributed by atoms with van der Waals surface area (Å²) in [6.07, 6.45) is 3.50. The van der Waals surface area contributed by atoms with Crippen LogP contribution in [0.1, 0.15) is 36.3 Å². The lowest BCUT2D eigenvalue weighted by molar-refractivity contribution is 0.0919. The van der Waals surface area contributed by atoms with E-state index in [2.05, 4.69) is 17.4 Å². The first-order valence-corrected chi connectivity index (χ1v) is 8.10. The van der Waals surface area contributed by atoms with Crippen LogP contribution in [0.5, 0.6) is 0 Å². The molecule has 4 heteroatoms. The van der Waals surface area contributed by atoms with Gasteiger partial charge in [0.25, 0.3) is 5.91 Å². The molecule has 2 rings (SSSR count). The number of benzene rings is 1. The molecule has 124 valence electrons. The number of aliphatic hydroxyl groups excluding tert-OH is 1. The van der Waals surface area contributed by atoms with Gasteiger partial charge in [-0.1, -0.05) is 44.2 Å². The Morgan fingerprint density at radius 1 is 1.17 bits per heavy atom. The smallest absolute Gasteiger partial charge is 0.267 e. The van der Waals surface area contributed by atoms with Gasteiger partial charge in [0.15, 0.2) is 0 Å². The summed E-state index contributed by atoms with van der Waals surface area (Å²) in [5.74, 6) is -0.0610. The third-order valence-corrected chi connectivity index (χ3v) is 4.06. The van der Waals surface area contributed by atoms with E-state index in [4.69, 9.17) is 5.11 Å². The number of aryl methyl sites for hydroxylation is 2. The second-order valence-electron chi connectivity index (χ2n) is 6.64. The maximum atomic E-state index is 12.4. The minimum Gasteiger partial charge on any atom is -0.396 e. The molecule has 1 aromatic carbocycles. The van der Waals surface area contributed by atoms with Gasteiger partial charge < -0.3 is 15.0 Å². The second-order valence-corrected chi connectivity index (χ2v) is 6.64. The molecule has 0 aliphatic heterocycles. The van der Waals surface area contributed by atoms with E-state index in [0.717, 1.165) is 13.0 Å². The van der Waals surface area contributed by atoms with Crippen LogP contribution in [0.4, 0.5) is 0 Å². The van der Waals surface area contributed by atoms with Crippen LogP contribution in [0, 0.1) is 5.41 Å². The molecule has 0 spiro atoms. The van der Waals surface area contributed by atoms with Crippen molar-refractivity contribution in [1.29, 1.82) is 0 Å². The molecule has 0 aliphatic rings. The van der Waals surface area contributed by atoms with E-state index in [1.54, 1.807) is 0 Å². The van der Waals surface area contributed by atoms with Crippen molar-refractivity contribution in [1.82, 2.24) is 9.88 Å². The third-order valence-electron chi connectivity index (χ3n) is 4.06. The van der Waals surface area contributed by atoms with Gasteiger partial charge in [0.1, 0.15) is 5.69 Å². The zero-order valence-electron chi connectivity index (χ0n) is 14.0. The minimum atomic E-state index is -0.105. The highest BCUT2D eigenvalue weighted by Crippen LogP contribution is 2.18. The van der Waals surface area contributed by atoms with Crippen molar-refractivity contribution in [2.24, 2.45) is 5.41 Å². The van der Waals surface area contributed by atoms with Crippen molar-refractivity contribution in [2.45, 2.75) is 33.2 Å². The molecule has 23 heavy (non-hydrogen) atoms. The molecule has 0 saturated carbocycles. The summed E-state index contributed by atoms with van der Waals surface area (Å²) in [7, 11) is 0. The van der Waals surface area contributed by atoms with E-state index in [1.165, 1.54) is 5.56 Å². The Morgan fingerprint density at radius 3 is 2.61 bits per heavy atom. The number of aromatic nitrogens is 1. The number of hydrogen-bond acceptors (Lipinski definition) is 2. The van der Waals surface area contributed by atoms with E-state index in [1.807, 2.05) is 54.9 Å². The number of nitrogens with zero attached hydrogens (tertiary/aromatic N) is 1. The van der Waals surface area contributed by atoms with E-state index in [-0.39, 0.29) is 17.9 Å². The fourth-order valence-electron chi connectivity index (χ4n) is 2.51. The van der Waals surface area contributed by atoms with Crippen LogP contribution in [0.3, 0.4) is 0 Å². The Kier molecular flexibility index (Phi) is 5.99. The Balaban J connectivity index is 1.93. The highest BCUT2D eigenvalue weighted by Gasteiger charge is 2.19. The van der Waals surface area contributed by atoms with Gasteiger partial charge in [-0.3, -0.25) is 4.79 Å². The first-order chi connectivity index (χ1) is 11.0. The van der Waals surface area contributed by atoms with Crippen molar-refractivity contribution in [3.8, 4) is 0 Å². The van der Waals surface area contributed by atoms with Crippen molar-refractivity contribution in [3.63, 3.8) is 0 Å². The molecule has 1 heterocycles. The SMILES string of the molecule is CC(C)(CCO)CNC(=O)c1cccn1CCc1ccccc1. The second kappa shape index (κ2) is 7.97. The molecule has 2 aromatic rings. The summed E-state index contributed by atoms with van der Waals surface area (Å²) >= 11 is 0. The molecule has 1 amide bonds. The van der Waals surface area contributed by atoms with Gasteiger partial charge in [0.05, 0.1) is 0 Å². The summed E-state index contributed by atoms with van der Waals surface area (Å²) in [6.45, 7) is 5.54. The summed E-state index contributed by atoms with van der Waals surface area (Å²) in [5.41, 5.74) is 1.84. The van der Waals surface area contributed by atoms with Crippen LogP contribution >= 0.6 is 0 Å². The lowest BCUT2D eigenvalue weighted by Crippen LogP contribution is -2.35. The van der Waals surface area contributed by atoms with Crippen LogP contribution in [0.25, 0.3) is 0 Å². The van der Waals surface area contributed by atoms with Crippen LogP contribution in [-0.2, 0) is 13.0 Å². The zero-order chi connectivity index (χ0) is 16.7. The molecule has 0 unspecified atom stereocenters. The maximum Gasteiger partial charge on any atom is 0.267 e. The third kappa shape index (κ3) is 5.25. The molecular formula is C19H26N2O2. The quantitative estimate of drug-likeness (QED) is 0.787. The lowest BCUT2D eigenvalue weighted by atomic mass is 9.90. The van der Waals surface area contributed by atoms with E-state index < -0.39 is 0 Å². The number of hydrogen-bond donors (Lipinski definition) is 2. The lowest BCUT2D eigenvalue weighted by Gasteiger charge is -2.24. The first kappa shape index (κ1) is 17.3. The largest absolute Gasteiger partial charge is 0.396 e. The fraction of sp³-hybridized carbons (Fsp3) is 0.421. The normalized spacial score (nSPS) is 11.4. The highest BCUT2D eigenvalue weighted by atomic mass is 16.3. The van der Waals surface area contributed by atoms with Gasteiger partial charge in [0, 0.05) is 25.9 Å². The summed E-state index contributed by atoms with van der Waals surface area (Å²) < 4.78 is 1.99. The molecular weight excluding hydrogens is 288 g/mol. The standard InChI is InChI=1S/C19H26N2O2/c1-19(2,11-14-22)15-20-18(23)17-9-6-12-21(17)13-10-16-7-4-3-5-8-16/h3-9,12,22H,10-11,13-15H2,1-2H3,(H,20,23). The molecule has 0 radical (unpaired) electrons. The maximum absolute atomic E-state index is 12.4. The van der Waals surface area contributed by atoms with Crippen LogP contribution in [-0.4, -0.2) is 28.7 Å². The van der Waals surface area contributed by atoms with Crippen LogP contribution in [0.15, 0.2) is 48.7 Å². The average molecular weight is 314 g/mol. The molecule has 4 nitrogen and oxygen atoms in total. The number of carbonyl (C=O) groups is 1. The summed E-state index contributed by atoms with van der Waals surface area (Å²) in [6, 6.07) is 14.0. The number of carbonyl (C=O) groups excluding carboxylic acids is 1. The molecule has 0 aliphatic carbocycles. The van der Waals surface area contributed by atoms with Crippen LogP contribution < -0.4 is 5.32 Å². The van der Waals surface area contributed by atoms with Crippen molar-refractivity contribution in [2.75, 3.05) is 13.2 Å². The molecule has 0 atom stereocenters. The highest BCUT2D eigenvalue weighted by molar-refractivity contribution is 5.92. The van der Waals surface area contributed by atoms with Crippen LogP contribution in [0.2, 0.25) is 0 Å². The molecule has 0 fully saturated rings. The number of nitrogens with one attached hydrogen (secondary N) is 1. The van der Waals surface area contributed by atoms with E-state index in [9.17, 15) is 4.79 Å². The van der Waals surface area contributed by atoms with E-state index >= 15 is 0 Å². The fourth-order valence-corrected chi connectivity index (χ4v) is 2.51. The van der Waals surface area contributed by atoms with Gasteiger partial charge >= 0.3 is 0 Å². The molecule has 2 N–H and O–H groups in total. The Labute approximate surface area is 138 Å². The Bertz CT molecular complexity index is 617. The first-order valence-electron chi connectivity index (χ1n) is 8.10. The molecule has 0 saturated heterocycles. The summed E-state index contributed by atoms with van der Waals surface area (Å²) in [4.78, 5) is 12.4. The molecule has 0 bridgehead atoms. The Morgan fingerprint density at radius 2 is 1.91 bits per heavy atom. The van der Waals surface area contributed by atoms with Crippen molar-refractivity contribution < 1.29 is 9.90 Å². The van der Waals surface area contributed by atoms with E-state index in [0.29, 0.717) is 18.7 Å². The number of aliphatic hydroxyl groups is 1. The Hall–Kier alpha value is -2.07. The van der Waals surface area contributed by atoms with Gasteiger partial charge in [-0.25, -0.2) is 0 Å². The zero-order valence-corrected chi connectivity index (χ0v) is 14.0. The number of amides is 1. The van der Waals surface area contributed by atoms with Crippen molar-refractivity contribution in [3.05, 3.63) is 59.9 Å².